The largest absolute Gasteiger partial charge is 0.294 e. The Labute approximate surface area is 158 Å². The maximum Gasteiger partial charge on any atom is 0.294 e. The molecule has 0 saturated heterocycles. The first-order valence-corrected chi connectivity index (χ1v) is 9.29. The number of rotatable bonds is 2. The minimum Gasteiger partial charge on any atom is -0.236 e. The van der Waals surface area contributed by atoms with E-state index in [1.54, 1.807) is 0 Å². The summed E-state index contributed by atoms with van der Waals surface area (Å²) in [5.41, 5.74) is 7.46. The van der Waals surface area contributed by atoms with Gasteiger partial charge in [-0.25, -0.2) is 4.57 Å². The molecule has 0 amide bonds. The molecule has 0 spiro atoms. The van der Waals surface area contributed by atoms with Gasteiger partial charge in [-0.1, -0.05) is 54.6 Å². The van der Waals surface area contributed by atoms with Crippen LogP contribution < -0.4 is 4.57 Å². The highest BCUT2D eigenvalue weighted by Crippen LogP contribution is 2.35. The van der Waals surface area contributed by atoms with Gasteiger partial charge in [0.2, 0.25) is 0 Å². The van der Waals surface area contributed by atoms with Gasteiger partial charge in [-0.3, -0.25) is 0 Å². The molecule has 0 saturated carbocycles. The van der Waals surface area contributed by atoms with Crippen LogP contribution in [0.1, 0.15) is 5.56 Å². The lowest BCUT2D eigenvalue weighted by Gasteiger charge is -2.11. The maximum atomic E-state index is 2.40. The van der Waals surface area contributed by atoms with Gasteiger partial charge in [-0.05, 0) is 48.4 Å². The Morgan fingerprint density at radius 1 is 0.667 bits per heavy atom. The SMILES string of the molecule is Cc1ccccc1-c1ccccc1-n1c2ccccc2c2ccc[n+](C)c21. The lowest BCUT2D eigenvalue weighted by atomic mass is 9.99. The normalized spacial score (nSPS) is 11.3. The number of fused-ring (bicyclic) bond motifs is 3. The highest BCUT2D eigenvalue weighted by Gasteiger charge is 2.23. The van der Waals surface area contributed by atoms with E-state index < -0.39 is 0 Å². The fourth-order valence-electron chi connectivity index (χ4n) is 4.12. The summed E-state index contributed by atoms with van der Waals surface area (Å²) < 4.78 is 4.61. The summed E-state index contributed by atoms with van der Waals surface area (Å²) in [4.78, 5) is 0. The van der Waals surface area contributed by atoms with E-state index in [1.807, 2.05) is 0 Å². The molecule has 0 aliphatic heterocycles. The summed E-state index contributed by atoms with van der Waals surface area (Å²) in [6, 6.07) is 30.3. The van der Waals surface area contributed by atoms with Crippen molar-refractivity contribution >= 4 is 21.9 Å². The van der Waals surface area contributed by atoms with Crippen LogP contribution in [-0.4, -0.2) is 4.57 Å². The van der Waals surface area contributed by atoms with Gasteiger partial charge < -0.3 is 0 Å². The number of aryl methyl sites for hydroxylation is 2. The van der Waals surface area contributed by atoms with E-state index in [9.17, 15) is 0 Å². The Hall–Kier alpha value is -3.39. The molecule has 2 aromatic heterocycles. The van der Waals surface area contributed by atoms with Crippen molar-refractivity contribution < 1.29 is 4.57 Å². The van der Waals surface area contributed by atoms with Gasteiger partial charge in [-0.15, -0.1) is 0 Å². The average molecular weight is 349 g/mol. The Bertz CT molecular complexity index is 1290. The number of hydrogen-bond donors (Lipinski definition) is 0. The number of aromatic nitrogens is 2. The standard InChI is InChI=1S/C25H21N2/c1-18-10-3-4-11-19(18)20-12-5-7-15-23(20)27-24-16-8-6-13-21(24)22-14-9-17-26(2)25(22)27/h3-17H,1-2H3/q+1. The topological polar surface area (TPSA) is 8.81 Å². The molecule has 130 valence electrons. The van der Waals surface area contributed by atoms with Crippen molar-refractivity contribution in [2.24, 2.45) is 7.05 Å². The van der Waals surface area contributed by atoms with Crippen molar-refractivity contribution in [1.82, 2.24) is 4.57 Å². The highest BCUT2D eigenvalue weighted by molar-refractivity contribution is 6.07. The Morgan fingerprint density at radius 2 is 1.33 bits per heavy atom. The minimum absolute atomic E-state index is 1.21. The Balaban J connectivity index is 1.95. The van der Waals surface area contributed by atoms with Gasteiger partial charge in [0.15, 0.2) is 0 Å². The Kier molecular flexibility index (Phi) is 3.58. The van der Waals surface area contributed by atoms with E-state index >= 15 is 0 Å². The number of para-hydroxylation sites is 2. The van der Waals surface area contributed by atoms with Crippen LogP contribution in [0.3, 0.4) is 0 Å². The molecule has 3 aromatic carbocycles. The predicted molar refractivity (Wildman–Crippen MR) is 112 cm³/mol. The van der Waals surface area contributed by atoms with Gasteiger partial charge in [0.25, 0.3) is 5.65 Å². The second kappa shape index (κ2) is 6.10. The third-order valence-corrected chi connectivity index (χ3v) is 5.37. The zero-order valence-electron chi connectivity index (χ0n) is 15.6. The first-order valence-electron chi connectivity index (χ1n) is 9.29. The lowest BCUT2D eigenvalue weighted by Crippen LogP contribution is -2.30. The summed E-state index contributed by atoms with van der Waals surface area (Å²) >= 11 is 0. The fourth-order valence-corrected chi connectivity index (χ4v) is 4.12. The van der Waals surface area contributed by atoms with Crippen LogP contribution in [0.2, 0.25) is 0 Å². The van der Waals surface area contributed by atoms with E-state index in [0.29, 0.717) is 0 Å². The second-order valence-corrected chi connectivity index (χ2v) is 7.04. The molecule has 5 rings (SSSR count). The van der Waals surface area contributed by atoms with Crippen LogP contribution in [0.15, 0.2) is 91.1 Å². The van der Waals surface area contributed by atoms with Crippen molar-refractivity contribution in [3.8, 4) is 16.8 Å². The van der Waals surface area contributed by atoms with Gasteiger partial charge >= 0.3 is 0 Å². The number of pyridine rings is 1. The molecule has 0 fully saturated rings. The van der Waals surface area contributed by atoms with Crippen molar-refractivity contribution in [3.63, 3.8) is 0 Å². The molecule has 0 bridgehead atoms. The van der Waals surface area contributed by atoms with Crippen LogP contribution >= 0.6 is 0 Å². The number of hydrogen-bond acceptors (Lipinski definition) is 0. The van der Waals surface area contributed by atoms with E-state index in [0.717, 1.165) is 0 Å². The third-order valence-electron chi connectivity index (χ3n) is 5.37. The number of nitrogens with zero attached hydrogens (tertiary/aromatic N) is 2. The zero-order valence-corrected chi connectivity index (χ0v) is 15.6. The van der Waals surface area contributed by atoms with Crippen molar-refractivity contribution in [3.05, 3.63) is 96.7 Å². The molecule has 0 aliphatic rings. The summed E-state index contributed by atoms with van der Waals surface area (Å²) in [7, 11) is 2.12. The molecule has 27 heavy (non-hydrogen) atoms. The van der Waals surface area contributed by atoms with Crippen molar-refractivity contribution in [1.29, 1.82) is 0 Å². The van der Waals surface area contributed by atoms with Gasteiger partial charge in [0.1, 0.15) is 11.2 Å². The summed E-state index contributed by atoms with van der Waals surface area (Å²) in [5.74, 6) is 0. The van der Waals surface area contributed by atoms with Gasteiger partial charge in [-0.2, -0.15) is 4.57 Å². The van der Waals surface area contributed by atoms with E-state index in [-0.39, 0.29) is 0 Å². The van der Waals surface area contributed by atoms with Crippen molar-refractivity contribution in [2.45, 2.75) is 6.92 Å². The molecule has 0 radical (unpaired) electrons. The lowest BCUT2D eigenvalue weighted by molar-refractivity contribution is -0.647. The fraction of sp³-hybridized carbons (Fsp3) is 0.0800. The molecule has 5 aromatic rings. The molecular weight excluding hydrogens is 328 g/mol. The summed E-state index contributed by atoms with van der Waals surface area (Å²) in [6.45, 7) is 2.18. The van der Waals surface area contributed by atoms with Gasteiger partial charge in [0, 0.05) is 10.9 Å². The van der Waals surface area contributed by atoms with Crippen LogP contribution in [0.25, 0.3) is 38.8 Å². The Morgan fingerprint density at radius 3 is 2.19 bits per heavy atom. The molecule has 2 heteroatoms. The molecule has 2 heterocycles. The molecule has 0 unspecified atom stereocenters. The molecular formula is C25H21N2+. The molecule has 2 nitrogen and oxygen atoms in total. The van der Waals surface area contributed by atoms with E-state index in [4.69, 9.17) is 0 Å². The van der Waals surface area contributed by atoms with Crippen LogP contribution in [0, 0.1) is 6.92 Å². The van der Waals surface area contributed by atoms with Crippen molar-refractivity contribution in [2.75, 3.05) is 0 Å². The highest BCUT2D eigenvalue weighted by atomic mass is 15.1. The smallest absolute Gasteiger partial charge is 0.236 e. The maximum absolute atomic E-state index is 2.40. The van der Waals surface area contributed by atoms with Crippen LogP contribution in [0.5, 0.6) is 0 Å². The molecule has 0 N–H and O–H groups in total. The zero-order chi connectivity index (χ0) is 18.4. The molecule has 0 aliphatic carbocycles. The van der Waals surface area contributed by atoms with Gasteiger partial charge in [0.05, 0.1) is 18.6 Å². The van der Waals surface area contributed by atoms with Crippen LogP contribution in [-0.2, 0) is 7.05 Å². The monoisotopic (exact) mass is 349 g/mol. The molecule has 0 atom stereocenters. The number of benzene rings is 3. The summed E-state index contributed by atoms with van der Waals surface area (Å²) in [6.07, 6.45) is 2.12. The average Bonchev–Trinajstić information content (AvgIpc) is 3.04. The first kappa shape index (κ1) is 15.8. The van der Waals surface area contributed by atoms with E-state index in [2.05, 4.69) is 114 Å². The third kappa shape index (κ3) is 2.37. The second-order valence-electron chi connectivity index (χ2n) is 7.04. The quantitative estimate of drug-likeness (QED) is 0.368. The summed E-state index contributed by atoms with van der Waals surface area (Å²) in [5, 5.41) is 2.55. The van der Waals surface area contributed by atoms with E-state index in [1.165, 1.54) is 44.3 Å². The first-order chi connectivity index (χ1) is 13.3. The minimum atomic E-state index is 1.21. The van der Waals surface area contributed by atoms with Crippen LogP contribution in [0.4, 0.5) is 0 Å². The predicted octanol–water partition coefficient (Wildman–Crippen LogP) is 5.58.